The van der Waals surface area contributed by atoms with Crippen LogP contribution in [0, 0.1) is 11.8 Å². The number of nitrogens with zero attached hydrogens (tertiary/aromatic N) is 1. The van der Waals surface area contributed by atoms with Crippen LogP contribution < -0.4 is 0 Å². The van der Waals surface area contributed by atoms with Crippen LogP contribution in [0.1, 0.15) is 31.5 Å². The summed E-state index contributed by atoms with van der Waals surface area (Å²) in [5.41, 5.74) is 1.07. The molecule has 4 atom stereocenters. The molecule has 27 heavy (non-hydrogen) atoms. The first-order valence-electron chi connectivity index (χ1n) is 9.64. The summed E-state index contributed by atoms with van der Waals surface area (Å²) in [7, 11) is 0. The lowest BCUT2D eigenvalue weighted by Gasteiger charge is -2.47. The summed E-state index contributed by atoms with van der Waals surface area (Å²) in [6.45, 7) is 4.37. The quantitative estimate of drug-likeness (QED) is 0.752. The van der Waals surface area contributed by atoms with Crippen LogP contribution in [0.15, 0.2) is 24.3 Å². The van der Waals surface area contributed by atoms with Crippen LogP contribution in [0.25, 0.3) is 10.9 Å². The topological polar surface area (TPSA) is 82.6 Å². The van der Waals surface area contributed by atoms with Crippen molar-refractivity contribution in [3.8, 4) is 0 Å². The summed E-state index contributed by atoms with van der Waals surface area (Å²) < 4.78 is 6.08. The Kier molecular flexibility index (Phi) is 3.33. The van der Waals surface area contributed by atoms with E-state index < -0.39 is 11.0 Å². The van der Waals surface area contributed by atoms with Crippen molar-refractivity contribution in [2.24, 2.45) is 11.8 Å². The zero-order valence-corrected chi connectivity index (χ0v) is 15.6. The largest absolute Gasteiger partial charge is 0.456 e. The number of esters is 1. The standard InChI is InChI=1S/C21H24N2O4/c1-12-9-15-14-5-3-4-6-16(14)22-18(15)20(11-24)17-7-8-23(13(2)25)10-21(12,17)27-19(20)26/h3-6,12,17,22,24H,7-11H2,1-2H3. The number of aromatic nitrogens is 1. The Labute approximate surface area is 157 Å². The van der Waals surface area contributed by atoms with Crippen LogP contribution in [0.4, 0.5) is 0 Å². The van der Waals surface area contributed by atoms with Crippen molar-refractivity contribution >= 4 is 22.8 Å². The monoisotopic (exact) mass is 368 g/mol. The van der Waals surface area contributed by atoms with Gasteiger partial charge in [-0.1, -0.05) is 25.1 Å². The van der Waals surface area contributed by atoms with Gasteiger partial charge in [0.1, 0.15) is 11.0 Å². The number of carbonyl (C=O) groups excluding carboxylic acids is 2. The van der Waals surface area contributed by atoms with Crippen LogP contribution in [-0.4, -0.2) is 52.2 Å². The summed E-state index contributed by atoms with van der Waals surface area (Å²) >= 11 is 0. The fourth-order valence-electron chi connectivity index (χ4n) is 5.86. The lowest BCUT2D eigenvalue weighted by Crippen LogP contribution is -2.59. The molecule has 3 aliphatic rings. The van der Waals surface area contributed by atoms with Crippen molar-refractivity contribution < 1.29 is 19.4 Å². The maximum Gasteiger partial charge on any atom is 0.321 e. The second-order valence-corrected chi connectivity index (χ2v) is 8.39. The number of hydrogen-bond donors (Lipinski definition) is 2. The number of carbonyl (C=O) groups is 2. The number of piperidine rings is 1. The summed E-state index contributed by atoms with van der Waals surface area (Å²) in [6.07, 6.45) is 1.39. The number of nitrogens with one attached hydrogen (secondary N) is 1. The van der Waals surface area contributed by atoms with E-state index in [1.165, 1.54) is 0 Å². The zero-order valence-electron chi connectivity index (χ0n) is 15.6. The molecule has 1 amide bonds. The number of H-pyrrole nitrogens is 1. The van der Waals surface area contributed by atoms with Gasteiger partial charge in [-0.2, -0.15) is 0 Å². The highest BCUT2D eigenvalue weighted by atomic mass is 16.6. The first-order valence-corrected chi connectivity index (χ1v) is 9.64. The smallest absolute Gasteiger partial charge is 0.321 e. The van der Waals surface area contributed by atoms with Gasteiger partial charge in [0.2, 0.25) is 5.91 Å². The Balaban J connectivity index is 1.77. The Morgan fingerprint density at radius 2 is 2.19 bits per heavy atom. The summed E-state index contributed by atoms with van der Waals surface area (Å²) in [6, 6.07) is 8.04. The lowest BCUT2D eigenvalue weighted by atomic mass is 9.63. The molecular formula is C21H24N2O4. The molecule has 3 heterocycles. The zero-order chi connectivity index (χ0) is 19.0. The third-order valence-corrected chi connectivity index (χ3v) is 7.26. The molecule has 2 bridgehead atoms. The van der Waals surface area contributed by atoms with Crippen molar-refractivity contribution in [1.29, 1.82) is 0 Å². The third kappa shape index (κ3) is 1.89. The molecule has 6 nitrogen and oxygen atoms in total. The van der Waals surface area contributed by atoms with Gasteiger partial charge in [-0.25, -0.2) is 0 Å². The number of para-hydroxylation sites is 1. The molecule has 0 saturated carbocycles. The molecule has 5 rings (SSSR count). The number of rotatable bonds is 1. The molecule has 0 radical (unpaired) electrons. The molecule has 2 fully saturated rings. The molecule has 142 valence electrons. The van der Waals surface area contributed by atoms with Gasteiger partial charge < -0.3 is 19.7 Å². The van der Waals surface area contributed by atoms with Crippen LogP contribution in [0.5, 0.6) is 0 Å². The number of likely N-dealkylation sites (tertiary alicyclic amines) is 1. The number of fused-ring (bicyclic) bond motifs is 4. The van der Waals surface area contributed by atoms with Gasteiger partial charge in [-0.3, -0.25) is 9.59 Å². The Morgan fingerprint density at radius 3 is 2.93 bits per heavy atom. The van der Waals surface area contributed by atoms with Crippen LogP contribution in [0.2, 0.25) is 0 Å². The number of aliphatic hydroxyl groups excluding tert-OH is 1. The SMILES string of the molecule is CC(=O)N1CCC2C3(CO)C(=O)OC2(C1)C(C)Cc1c3[nH]c2ccccc12. The van der Waals surface area contributed by atoms with Crippen LogP contribution in [-0.2, 0) is 26.2 Å². The van der Waals surface area contributed by atoms with Crippen molar-refractivity contribution in [1.82, 2.24) is 9.88 Å². The molecule has 6 heteroatoms. The van der Waals surface area contributed by atoms with E-state index in [4.69, 9.17) is 4.74 Å². The molecule has 0 spiro atoms. The Bertz CT molecular complexity index is 966. The molecule has 2 aliphatic heterocycles. The number of aliphatic hydroxyl groups is 1. The van der Waals surface area contributed by atoms with E-state index in [-0.39, 0.29) is 30.3 Å². The van der Waals surface area contributed by atoms with Gasteiger partial charge >= 0.3 is 5.97 Å². The number of benzene rings is 1. The fourth-order valence-corrected chi connectivity index (χ4v) is 5.86. The van der Waals surface area contributed by atoms with E-state index in [1.807, 2.05) is 18.2 Å². The first kappa shape index (κ1) is 16.8. The van der Waals surface area contributed by atoms with E-state index >= 15 is 0 Å². The first-order chi connectivity index (χ1) is 12.9. The third-order valence-electron chi connectivity index (χ3n) is 7.26. The van der Waals surface area contributed by atoms with Crippen molar-refractivity contribution in [3.63, 3.8) is 0 Å². The average molecular weight is 368 g/mol. The van der Waals surface area contributed by atoms with Gasteiger partial charge in [-0.05, 0) is 24.5 Å². The average Bonchev–Trinajstić information content (AvgIpc) is 3.11. The van der Waals surface area contributed by atoms with Gasteiger partial charge in [0.05, 0.1) is 13.2 Å². The Morgan fingerprint density at radius 1 is 1.41 bits per heavy atom. The molecule has 1 aromatic heterocycles. The molecule has 2 saturated heterocycles. The molecule has 1 aromatic carbocycles. The maximum atomic E-state index is 13.3. The summed E-state index contributed by atoms with van der Waals surface area (Å²) in [5, 5.41) is 11.6. The second-order valence-electron chi connectivity index (χ2n) is 8.39. The minimum Gasteiger partial charge on any atom is -0.456 e. The highest BCUT2D eigenvalue weighted by Gasteiger charge is 2.70. The minimum atomic E-state index is -1.08. The maximum absolute atomic E-state index is 13.3. The van der Waals surface area contributed by atoms with Crippen LogP contribution in [0.3, 0.4) is 0 Å². The highest BCUT2D eigenvalue weighted by Crippen LogP contribution is 2.58. The van der Waals surface area contributed by atoms with Crippen molar-refractivity contribution in [2.45, 2.75) is 37.7 Å². The number of aromatic amines is 1. The molecule has 1 aliphatic carbocycles. The van der Waals surface area contributed by atoms with E-state index in [1.54, 1.807) is 11.8 Å². The normalized spacial score (nSPS) is 34.8. The Hall–Kier alpha value is -2.34. The van der Waals surface area contributed by atoms with Gasteiger partial charge in [0.25, 0.3) is 0 Å². The number of hydrogen-bond acceptors (Lipinski definition) is 4. The van der Waals surface area contributed by atoms with Crippen molar-refractivity contribution in [2.75, 3.05) is 19.7 Å². The number of amides is 1. The van der Waals surface area contributed by atoms with E-state index in [2.05, 4.69) is 18.0 Å². The summed E-state index contributed by atoms with van der Waals surface area (Å²) in [5.74, 6) is -0.467. The molecule has 4 unspecified atom stereocenters. The van der Waals surface area contributed by atoms with E-state index in [0.717, 1.165) is 28.6 Å². The predicted octanol–water partition coefficient (Wildman–Crippen LogP) is 1.75. The summed E-state index contributed by atoms with van der Waals surface area (Å²) in [4.78, 5) is 30.6. The van der Waals surface area contributed by atoms with E-state index in [9.17, 15) is 14.7 Å². The van der Waals surface area contributed by atoms with Gasteiger partial charge in [-0.15, -0.1) is 0 Å². The van der Waals surface area contributed by atoms with Gasteiger partial charge in [0.15, 0.2) is 0 Å². The lowest BCUT2D eigenvalue weighted by molar-refractivity contribution is -0.165. The number of ether oxygens (including phenoxy) is 1. The highest BCUT2D eigenvalue weighted by molar-refractivity contribution is 5.93. The second kappa shape index (κ2) is 5.35. The molecular weight excluding hydrogens is 344 g/mol. The van der Waals surface area contributed by atoms with Crippen molar-refractivity contribution in [3.05, 3.63) is 35.5 Å². The minimum absolute atomic E-state index is 0.000732. The van der Waals surface area contributed by atoms with Crippen LogP contribution >= 0.6 is 0 Å². The predicted molar refractivity (Wildman–Crippen MR) is 99.1 cm³/mol. The van der Waals surface area contributed by atoms with E-state index in [0.29, 0.717) is 19.5 Å². The molecule has 2 aromatic rings. The van der Waals surface area contributed by atoms with Gasteiger partial charge in [0, 0.05) is 41.9 Å². The molecule has 2 N–H and O–H groups in total. The fraction of sp³-hybridized carbons (Fsp3) is 0.524.